The maximum absolute atomic E-state index is 14.0. The Morgan fingerprint density at radius 3 is 2.34 bits per heavy atom. The van der Waals surface area contributed by atoms with Crippen LogP contribution in [0.1, 0.15) is 61.0 Å². The van der Waals surface area contributed by atoms with Crippen LogP contribution in [0.15, 0.2) is 46.1 Å². The Morgan fingerprint density at radius 1 is 1.00 bits per heavy atom. The van der Waals surface area contributed by atoms with Crippen LogP contribution in [0.3, 0.4) is 0 Å². The first-order valence-corrected chi connectivity index (χ1v) is 13.1. The number of fused-ring (bicyclic) bond motifs is 1. The lowest BCUT2D eigenvalue weighted by molar-refractivity contribution is 0.0922. The number of thioether (sulfide) groups is 1. The first-order valence-electron chi connectivity index (χ1n) is 11.9. The van der Waals surface area contributed by atoms with Gasteiger partial charge in [0.25, 0.3) is 11.5 Å². The number of amides is 1. The zero-order chi connectivity index (χ0) is 24.5. The molecule has 1 saturated heterocycles. The molecular weight excluding hydrogens is 471 g/mol. The van der Waals surface area contributed by atoms with Gasteiger partial charge in [0.05, 0.1) is 11.6 Å². The number of aromatic hydroxyl groups is 1. The number of phenolic OH excluding ortho intramolecular Hbond substituents is 1. The number of hydrogen-bond acceptors (Lipinski definition) is 6. The highest BCUT2D eigenvalue weighted by molar-refractivity contribution is 7.99. The van der Waals surface area contributed by atoms with E-state index in [4.69, 9.17) is 0 Å². The van der Waals surface area contributed by atoms with E-state index in [0.717, 1.165) is 30.5 Å². The van der Waals surface area contributed by atoms with Crippen LogP contribution in [0.5, 0.6) is 5.75 Å². The molecule has 0 atom stereocenters. The Morgan fingerprint density at radius 2 is 1.66 bits per heavy atom. The number of nitrogens with one attached hydrogen (secondary N) is 1. The van der Waals surface area contributed by atoms with Crippen LogP contribution in [0, 0.1) is 5.82 Å². The summed E-state index contributed by atoms with van der Waals surface area (Å²) in [5, 5.41) is 12.5. The van der Waals surface area contributed by atoms with Crippen molar-refractivity contribution in [2.45, 2.75) is 56.7 Å². The van der Waals surface area contributed by atoms with Gasteiger partial charge >= 0.3 is 5.69 Å². The summed E-state index contributed by atoms with van der Waals surface area (Å²) in [5.41, 5.74) is -0.173. The summed E-state index contributed by atoms with van der Waals surface area (Å²) < 4.78 is 16.9. The van der Waals surface area contributed by atoms with Crippen molar-refractivity contribution in [3.63, 3.8) is 0 Å². The Hall–Kier alpha value is -3.14. The number of carbonyl (C=O) groups is 1. The molecule has 3 aromatic rings. The third-order valence-corrected chi connectivity index (χ3v) is 8.05. The summed E-state index contributed by atoms with van der Waals surface area (Å²) in [6, 6.07) is 6.75. The summed E-state index contributed by atoms with van der Waals surface area (Å²) in [7, 11) is 0. The van der Waals surface area contributed by atoms with E-state index in [1.54, 1.807) is 16.7 Å². The third kappa shape index (κ3) is 4.71. The molecule has 2 aliphatic rings. The summed E-state index contributed by atoms with van der Waals surface area (Å²) in [6.07, 6.45) is 4.97. The Bertz CT molecular complexity index is 1360. The molecule has 35 heavy (non-hydrogen) atoms. The van der Waals surface area contributed by atoms with Crippen molar-refractivity contribution in [2.24, 2.45) is 0 Å². The van der Waals surface area contributed by atoms with Crippen LogP contribution in [0.2, 0.25) is 0 Å². The molecule has 184 valence electrons. The lowest BCUT2D eigenvalue weighted by atomic mass is 9.90. The monoisotopic (exact) mass is 498 g/mol. The van der Waals surface area contributed by atoms with E-state index in [-0.39, 0.29) is 46.5 Å². The van der Waals surface area contributed by atoms with E-state index < -0.39 is 11.4 Å². The highest BCUT2D eigenvalue weighted by atomic mass is 32.2. The first-order chi connectivity index (χ1) is 16.9. The van der Waals surface area contributed by atoms with E-state index in [9.17, 15) is 23.9 Å². The second-order valence-corrected chi connectivity index (χ2v) is 10.4. The minimum atomic E-state index is -0.605. The number of nitrogens with zero attached hydrogens (tertiary/aromatic N) is 3. The molecular formula is C25H27FN4O4S. The molecule has 2 N–H and O–H groups in total. The van der Waals surface area contributed by atoms with Gasteiger partial charge < -0.3 is 10.4 Å². The molecule has 1 amide bonds. The van der Waals surface area contributed by atoms with Gasteiger partial charge in [0.1, 0.15) is 17.2 Å². The van der Waals surface area contributed by atoms with Crippen molar-refractivity contribution in [1.29, 1.82) is 0 Å². The van der Waals surface area contributed by atoms with Gasteiger partial charge in [-0.25, -0.2) is 14.2 Å². The molecule has 0 unspecified atom stereocenters. The minimum Gasteiger partial charge on any atom is -0.508 e. The molecule has 2 aromatic heterocycles. The van der Waals surface area contributed by atoms with Crippen LogP contribution < -0.4 is 16.6 Å². The Kier molecular flexibility index (Phi) is 6.64. The molecule has 5 rings (SSSR count). The number of pyridine rings is 1. The van der Waals surface area contributed by atoms with E-state index in [2.05, 4.69) is 10.3 Å². The maximum Gasteiger partial charge on any atom is 0.333 e. The molecule has 10 heteroatoms. The molecule has 0 radical (unpaired) electrons. The van der Waals surface area contributed by atoms with Crippen molar-refractivity contribution in [1.82, 2.24) is 19.4 Å². The van der Waals surface area contributed by atoms with Crippen molar-refractivity contribution < 1.29 is 14.3 Å². The average Bonchev–Trinajstić information content (AvgIpc) is 2.86. The zero-order valence-corrected chi connectivity index (χ0v) is 20.0. The minimum absolute atomic E-state index is 0.0722. The number of rotatable bonds is 4. The predicted molar refractivity (Wildman–Crippen MR) is 133 cm³/mol. The van der Waals surface area contributed by atoms with Gasteiger partial charge in [-0.2, -0.15) is 11.8 Å². The molecule has 8 nitrogen and oxygen atoms in total. The van der Waals surface area contributed by atoms with Crippen LogP contribution in [-0.2, 0) is 0 Å². The second-order valence-electron chi connectivity index (χ2n) is 9.22. The Labute approximate surface area is 205 Å². The summed E-state index contributed by atoms with van der Waals surface area (Å²) >= 11 is 1.84. The standard InChI is InChI=1S/C25H27FN4O4S/c26-16-13-21-22(27-14-16)29(19-9-11-35-12-10-19)25(34)30(24(21)33)18-5-3-17(4-6-18)28-23(32)15-1-7-20(31)8-2-15/h1-2,7-8,13-14,17-19,31H,3-6,9-12H2,(H,28,32). The van der Waals surface area contributed by atoms with E-state index in [1.165, 1.54) is 22.8 Å². The van der Waals surface area contributed by atoms with Gasteiger partial charge in [-0.1, -0.05) is 0 Å². The summed E-state index contributed by atoms with van der Waals surface area (Å²) in [5.74, 6) is 1.10. The highest BCUT2D eigenvalue weighted by Crippen LogP contribution is 2.30. The molecule has 0 spiro atoms. The van der Waals surface area contributed by atoms with Gasteiger partial charge in [0.2, 0.25) is 0 Å². The molecule has 1 saturated carbocycles. The average molecular weight is 499 g/mol. The van der Waals surface area contributed by atoms with Crippen molar-refractivity contribution in [3.05, 3.63) is 68.7 Å². The van der Waals surface area contributed by atoms with Gasteiger partial charge in [-0.15, -0.1) is 0 Å². The third-order valence-electron chi connectivity index (χ3n) is 7.01. The zero-order valence-electron chi connectivity index (χ0n) is 19.2. The van der Waals surface area contributed by atoms with Gasteiger partial charge in [-0.3, -0.25) is 18.7 Å². The van der Waals surface area contributed by atoms with Crippen LogP contribution in [-0.4, -0.2) is 42.7 Å². The SMILES string of the molecule is O=C(NC1CCC(n2c(=O)c3cc(F)cnc3n(C3CCSCC3)c2=O)CC1)c1ccc(O)cc1. The topological polar surface area (TPSA) is 106 Å². The van der Waals surface area contributed by atoms with Gasteiger partial charge in [0, 0.05) is 23.7 Å². The molecule has 1 aliphatic carbocycles. The number of carbonyl (C=O) groups excluding carboxylic acids is 1. The normalized spacial score (nSPS) is 21.2. The fourth-order valence-electron chi connectivity index (χ4n) is 5.16. The first kappa shape index (κ1) is 23.6. The fourth-order valence-corrected chi connectivity index (χ4v) is 6.24. The number of benzene rings is 1. The fraction of sp³-hybridized carbons (Fsp3) is 0.440. The van der Waals surface area contributed by atoms with Crippen molar-refractivity contribution >= 4 is 28.7 Å². The molecule has 2 fully saturated rings. The quantitative estimate of drug-likeness (QED) is 0.571. The number of phenols is 1. The Balaban J connectivity index is 1.41. The number of hydrogen-bond donors (Lipinski definition) is 2. The predicted octanol–water partition coefficient (Wildman–Crippen LogP) is 3.38. The molecule has 1 aromatic carbocycles. The smallest absolute Gasteiger partial charge is 0.333 e. The molecule has 1 aliphatic heterocycles. The van der Waals surface area contributed by atoms with Gasteiger partial charge in [-0.05, 0) is 80.4 Å². The van der Waals surface area contributed by atoms with Crippen molar-refractivity contribution in [2.75, 3.05) is 11.5 Å². The van der Waals surface area contributed by atoms with E-state index in [0.29, 0.717) is 31.2 Å². The lowest BCUT2D eigenvalue weighted by Crippen LogP contribution is -2.46. The van der Waals surface area contributed by atoms with Crippen LogP contribution in [0.25, 0.3) is 11.0 Å². The maximum atomic E-state index is 14.0. The van der Waals surface area contributed by atoms with Crippen molar-refractivity contribution in [3.8, 4) is 5.75 Å². The molecule has 0 bridgehead atoms. The second kappa shape index (κ2) is 9.85. The summed E-state index contributed by atoms with van der Waals surface area (Å²) in [6.45, 7) is 0. The lowest BCUT2D eigenvalue weighted by Gasteiger charge is -2.31. The highest BCUT2D eigenvalue weighted by Gasteiger charge is 2.29. The van der Waals surface area contributed by atoms with Gasteiger partial charge in [0.15, 0.2) is 0 Å². The largest absolute Gasteiger partial charge is 0.508 e. The van der Waals surface area contributed by atoms with E-state index in [1.807, 2.05) is 11.8 Å². The molecule has 3 heterocycles. The van der Waals surface area contributed by atoms with Crippen LogP contribution in [0.4, 0.5) is 4.39 Å². The number of halogens is 1. The van der Waals surface area contributed by atoms with E-state index >= 15 is 0 Å². The van der Waals surface area contributed by atoms with Crippen LogP contribution >= 0.6 is 11.8 Å². The number of aromatic nitrogens is 3. The summed E-state index contributed by atoms with van der Waals surface area (Å²) in [4.78, 5) is 43.7.